The van der Waals surface area contributed by atoms with Gasteiger partial charge in [-0.25, -0.2) is 9.98 Å². The van der Waals surface area contributed by atoms with Crippen molar-refractivity contribution in [2.45, 2.75) is 0 Å². The molecule has 0 aliphatic rings. The summed E-state index contributed by atoms with van der Waals surface area (Å²) in [4.78, 5) is 12.9. The Balaban J connectivity index is 1.93. The second kappa shape index (κ2) is 8.35. The number of hydrogen-bond donors (Lipinski definition) is 2. The van der Waals surface area contributed by atoms with Gasteiger partial charge in [-0.3, -0.25) is 4.99 Å². The van der Waals surface area contributed by atoms with Crippen molar-refractivity contribution in [2.24, 2.45) is 9.98 Å². The molecule has 0 aliphatic carbocycles. The highest BCUT2D eigenvalue weighted by Gasteiger charge is 2.04. The molecule has 0 fully saturated rings. The first-order valence-corrected chi connectivity index (χ1v) is 8.23. The lowest BCUT2D eigenvalue weighted by atomic mass is 10.1. The number of phenolic OH excluding ortho intramolecular Hbond substituents is 2. The quantitative estimate of drug-likeness (QED) is 0.543. The summed E-state index contributed by atoms with van der Waals surface area (Å²) in [6.07, 6.45) is 15.3. The van der Waals surface area contributed by atoms with E-state index >= 15 is 0 Å². The van der Waals surface area contributed by atoms with Gasteiger partial charge in [-0.2, -0.15) is 0 Å². The predicted octanol–water partition coefficient (Wildman–Crippen LogP) is 3.96. The molecule has 0 aliphatic heterocycles. The predicted molar refractivity (Wildman–Crippen MR) is 111 cm³/mol. The Kier molecular flexibility index (Phi) is 5.50. The molecule has 28 heavy (non-hydrogen) atoms. The fourth-order valence-electron chi connectivity index (χ4n) is 2.35. The van der Waals surface area contributed by atoms with Crippen molar-refractivity contribution >= 4 is 23.9 Å². The van der Waals surface area contributed by atoms with E-state index in [1.165, 1.54) is 24.6 Å². The number of aromatic hydroxyl groups is 2. The van der Waals surface area contributed by atoms with Gasteiger partial charge in [0, 0.05) is 40.9 Å². The molecule has 5 nitrogen and oxygen atoms in total. The third kappa shape index (κ3) is 4.24. The van der Waals surface area contributed by atoms with Gasteiger partial charge in [0.1, 0.15) is 17.2 Å². The molecule has 2 aromatic carbocycles. The van der Waals surface area contributed by atoms with E-state index in [1.54, 1.807) is 42.6 Å². The molecule has 0 amide bonds. The number of terminal acetylenes is 2. The van der Waals surface area contributed by atoms with Gasteiger partial charge in [0.25, 0.3) is 0 Å². The van der Waals surface area contributed by atoms with Crippen LogP contribution in [0, 0.1) is 24.7 Å². The minimum atomic E-state index is 0.0553. The topological polar surface area (TPSA) is 78.1 Å². The number of pyridine rings is 1. The van der Waals surface area contributed by atoms with E-state index in [0.717, 1.165) is 0 Å². The summed E-state index contributed by atoms with van der Waals surface area (Å²) in [5.41, 5.74) is 2.69. The van der Waals surface area contributed by atoms with Crippen molar-refractivity contribution < 1.29 is 10.2 Å². The normalized spacial score (nSPS) is 10.8. The number of hydrogen-bond acceptors (Lipinski definition) is 5. The lowest BCUT2D eigenvalue weighted by Crippen LogP contribution is -1.86. The maximum Gasteiger partial charge on any atom is 0.178 e. The van der Waals surface area contributed by atoms with Crippen LogP contribution in [-0.2, 0) is 0 Å². The molecule has 0 radical (unpaired) electrons. The molecule has 0 saturated heterocycles. The fraction of sp³-hybridized carbons (Fsp3) is 0. The Morgan fingerprint density at radius 2 is 1.39 bits per heavy atom. The van der Waals surface area contributed by atoms with Gasteiger partial charge >= 0.3 is 0 Å². The van der Waals surface area contributed by atoms with E-state index in [9.17, 15) is 10.2 Å². The maximum atomic E-state index is 9.96. The highest BCUT2D eigenvalue weighted by Crippen LogP contribution is 2.26. The molecule has 0 atom stereocenters. The minimum absolute atomic E-state index is 0.0553. The summed E-state index contributed by atoms with van der Waals surface area (Å²) in [7, 11) is 0. The number of phenols is 2. The monoisotopic (exact) mass is 365 g/mol. The van der Waals surface area contributed by atoms with Crippen LogP contribution in [0.3, 0.4) is 0 Å². The van der Waals surface area contributed by atoms with Crippen LogP contribution in [0.25, 0.3) is 0 Å². The van der Waals surface area contributed by atoms with Crippen molar-refractivity contribution in [3.05, 3.63) is 77.0 Å². The van der Waals surface area contributed by atoms with Crippen molar-refractivity contribution in [1.29, 1.82) is 0 Å². The van der Waals surface area contributed by atoms with Gasteiger partial charge in [-0.15, -0.1) is 12.8 Å². The number of nitrogens with zero attached hydrogens (tertiary/aromatic N) is 3. The molecule has 3 rings (SSSR count). The standard InChI is InChI=1S/C23H15N3O2/c1-3-16-7-9-21(27)18(12-16)14-25-20-6-5-11-24-23(20)26-15-19-13-17(4-2)8-10-22(19)28/h1-2,5-15,27-28H/b25-14?,26-15+. The summed E-state index contributed by atoms with van der Waals surface area (Å²) >= 11 is 0. The summed E-state index contributed by atoms with van der Waals surface area (Å²) in [6.45, 7) is 0. The largest absolute Gasteiger partial charge is 0.507 e. The van der Waals surface area contributed by atoms with Crippen molar-refractivity contribution in [3.63, 3.8) is 0 Å². The molecule has 0 spiro atoms. The number of rotatable bonds is 4. The molecule has 5 heteroatoms. The van der Waals surface area contributed by atoms with Crippen LogP contribution in [0.1, 0.15) is 22.3 Å². The van der Waals surface area contributed by atoms with E-state index in [1.807, 2.05) is 0 Å². The van der Waals surface area contributed by atoms with Crippen LogP contribution in [0.15, 0.2) is 64.7 Å². The van der Waals surface area contributed by atoms with Crippen molar-refractivity contribution in [1.82, 2.24) is 4.98 Å². The van der Waals surface area contributed by atoms with Crippen molar-refractivity contribution in [2.75, 3.05) is 0 Å². The first-order valence-electron chi connectivity index (χ1n) is 8.23. The molecule has 1 heterocycles. The van der Waals surface area contributed by atoms with E-state index in [-0.39, 0.29) is 11.5 Å². The van der Waals surface area contributed by atoms with E-state index in [4.69, 9.17) is 12.8 Å². The molecule has 0 bridgehead atoms. The summed E-state index contributed by atoms with van der Waals surface area (Å²) < 4.78 is 0. The Labute approximate surface area is 162 Å². The number of aliphatic imine (C=N–C) groups is 2. The lowest BCUT2D eigenvalue weighted by molar-refractivity contribution is 0.474. The highest BCUT2D eigenvalue weighted by molar-refractivity contribution is 5.89. The minimum Gasteiger partial charge on any atom is -0.507 e. The fourth-order valence-corrected chi connectivity index (χ4v) is 2.35. The molecule has 2 N–H and O–H groups in total. The van der Waals surface area contributed by atoms with Crippen LogP contribution >= 0.6 is 0 Å². The van der Waals surface area contributed by atoms with E-state index in [0.29, 0.717) is 33.8 Å². The zero-order valence-corrected chi connectivity index (χ0v) is 14.7. The third-order valence-electron chi connectivity index (χ3n) is 3.82. The SMILES string of the molecule is C#Cc1ccc(O)c(C=Nc2cccnc2/N=C/c2cc(C#C)ccc2O)c1. The average molecular weight is 365 g/mol. The molecule has 3 aromatic rings. The first kappa shape index (κ1) is 18.4. The molecule has 134 valence electrons. The second-order valence-electron chi connectivity index (χ2n) is 5.70. The Morgan fingerprint density at radius 1 is 0.821 bits per heavy atom. The van der Waals surface area contributed by atoms with Crippen LogP contribution < -0.4 is 0 Å². The van der Waals surface area contributed by atoms with Gasteiger partial charge in [-0.1, -0.05) is 11.8 Å². The number of benzene rings is 2. The first-order chi connectivity index (χ1) is 13.6. The zero-order chi connectivity index (χ0) is 19.9. The van der Waals surface area contributed by atoms with Crippen LogP contribution in [0.2, 0.25) is 0 Å². The second-order valence-corrected chi connectivity index (χ2v) is 5.70. The summed E-state index contributed by atoms with van der Waals surface area (Å²) in [6, 6.07) is 13.1. The van der Waals surface area contributed by atoms with Crippen LogP contribution in [-0.4, -0.2) is 27.6 Å². The Morgan fingerprint density at radius 3 is 1.96 bits per heavy atom. The van der Waals surface area contributed by atoms with Gasteiger partial charge < -0.3 is 10.2 Å². The molecular weight excluding hydrogens is 350 g/mol. The Hall–Kier alpha value is -4.35. The van der Waals surface area contributed by atoms with Gasteiger partial charge in [0.15, 0.2) is 5.82 Å². The van der Waals surface area contributed by atoms with E-state index in [2.05, 4.69) is 26.8 Å². The van der Waals surface area contributed by atoms with Gasteiger partial charge in [0.05, 0.1) is 0 Å². The Bertz CT molecular complexity index is 1070. The molecule has 0 saturated carbocycles. The van der Waals surface area contributed by atoms with Crippen LogP contribution in [0.4, 0.5) is 11.5 Å². The van der Waals surface area contributed by atoms with Gasteiger partial charge in [0.2, 0.25) is 0 Å². The lowest BCUT2D eigenvalue weighted by Gasteiger charge is -2.02. The summed E-state index contributed by atoms with van der Waals surface area (Å²) in [5, 5.41) is 19.9. The zero-order valence-electron chi connectivity index (χ0n) is 14.7. The van der Waals surface area contributed by atoms with Crippen molar-refractivity contribution in [3.8, 4) is 36.2 Å². The molecular formula is C23H15N3O2. The summed E-state index contributed by atoms with van der Waals surface area (Å²) in [5.74, 6) is 5.48. The maximum absolute atomic E-state index is 9.96. The smallest absolute Gasteiger partial charge is 0.178 e. The molecule has 0 unspecified atom stereocenters. The third-order valence-corrected chi connectivity index (χ3v) is 3.82. The average Bonchev–Trinajstić information content (AvgIpc) is 2.73. The molecule has 1 aromatic heterocycles. The van der Waals surface area contributed by atoms with Crippen LogP contribution in [0.5, 0.6) is 11.5 Å². The number of aromatic nitrogens is 1. The van der Waals surface area contributed by atoms with Gasteiger partial charge in [-0.05, 0) is 48.5 Å². The van der Waals surface area contributed by atoms with E-state index < -0.39 is 0 Å². The highest BCUT2D eigenvalue weighted by atomic mass is 16.3.